The largest absolute Gasteiger partial charge is 0.486 e. The standard InChI is InChI=1S/C14H14ClFO3S/c15-7-2-1-3-11-4-5-13(16)14(9-11)19-12-6-8-20(17,18)10-12/h4-5,9,12H,2,6-8,10H2. The van der Waals surface area contributed by atoms with Gasteiger partial charge < -0.3 is 4.74 Å². The first-order chi connectivity index (χ1) is 9.50. The molecule has 6 heteroatoms. The number of hydrogen-bond acceptors (Lipinski definition) is 3. The third-order valence-electron chi connectivity index (χ3n) is 2.87. The fraction of sp³-hybridized carbons (Fsp3) is 0.429. The van der Waals surface area contributed by atoms with Crippen LogP contribution in [-0.2, 0) is 9.84 Å². The number of rotatable bonds is 3. The van der Waals surface area contributed by atoms with Crippen LogP contribution in [0.2, 0.25) is 0 Å². The van der Waals surface area contributed by atoms with E-state index in [9.17, 15) is 12.8 Å². The topological polar surface area (TPSA) is 43.4 Å². The quantitative estimate of drug-likeness (QED) is 0.635. The summed E-state index contributed by atoms with van der Waals surface area (Å²) in [6, 6.07) is 4.31. The molecular weight excluding hydrogens is 303 g/mol. The van der Waals surface area contributed by atoms with Crippen molar-refractivity contribution in [2.75, 3.05) is 17.4 Å². The van der Waals surface area contributed by atoms with E-state index in [1.54, 1.807) is 6.07 Å². The van der Waals surface area contributed by atoms with Crippen molar-refractivity contribution in [2.24, 2.45) is 0 Å². The summed E-state index contributed by atoms with van der Waals surface area (Å²) in [4.78, 5) is 0. The number of sulfone groups is 1. The fourth-order valence-corrected chi connectivity index (χ4v) is 3.60. The fourth-order valence-electron chi connectivity index (χ4n) is 1.92. The molecule has 0 amide bonds. The van der Waals surface area contributed by atoms with Crippen LogP contribution in [0.15, 0.2) is 18.2 Å². The van der Waals surface area contributed by atoms with Gasteiger partial charge in [0.25, 0.3) is 0 Å². The molecule has 1 saturated heterocycles. The summed E-state index contributed by atoms with van der Waals surface area (Å²) >= 11 is 5.52. The molecule has 1 aromatic carbocycles. The highest BCUT2D eigenvalue weighted by atomic mass is 35.5. The van der Waals surface area contributed by atoms with Crippen LogP contribution in [0.25, 0.3) is 0 Å². The average molecular weight is 317 g/mol. The Labute approximate surface area is 123 Å². The van der Waals surface area contributed by atoms with E-state index in [1.165, 1.54) is 12.1 Å². The van der Waals surface area contributed by atoms with E-state index >= 15 is 0 Å². The molecule has 1 atom stereocenters. The highest BCUT2D eigenvalue weighted by molar-refractivity contribution is 7.91. The maximum atomic E-state index is 13.7. The lowest BCUT2D eigenvalue weighted by molar-refractivity contribution is 0.218. The van der Waals surface area contributed by atoms with Gasteiger partial charge in [0.1, 0.15) is 6.10 Å². The first kappa shape index (κ1) is 15.1. The minimum Gasteiger partial charge on any atom is -0.486 e. The molecule has 0 N–H and O–H groups in total. The van der Waals surface area contributed by atoms with E-state index in [0.29, 0.717) is 24.3 Å². The van der Waals surface area contributed by atoms with E-state index in [2.05, 4.69) is 11.8 Å². The van der Waals surface area contributed by atoms with E-state index in [1.807, 2.05) is 0 Å². The maximum Gasteiger partial charge on any atom is 0.165 e. The Bertz CT molecular complexity index is 646. The van der Waals surface area contributed by atoms with Crippen LogP contribution < -0.4 is 4.74 Å². The first-order valence-corrected chi connectivity index (χ1v) is 8.57. The van der Waals surface area contributed by atoms with Crippen molar-refractivity contribution in [1.29, 1.82) is 0 Å². The van der Waals surface area contributed by atoms with Crippen LogP contribution in [0.3, 0.4) is 0 Å². The van der Waals surface area contributed by atoms with E-state index < -0.39 is 21.8 Å². The Morgan fingerprint density at radius 1 is 1.45 bits per heavy atom. The van der Waals surface area contributed by atoms with Crippen LogP contribution >= 0.6 is 11.6 Å². The Morgan fingerprint density at radius 3 is 2.90 bits per heavy atom. The third-order valence-corrected chi connectivity index (χ3v) is 4.79. The number of hydrogen-bond donors (Lipinski definition) is 0. The molecule has 1 unspecified atom stereocenters. The molecule has 1 aliphatic heterocycles. The molecule has 1 aromatic rings. The highest BCUT2D eigenvalue weighted by Crippen LogP contribution is 2.23. The highest BCUT2D eigenvalue weighted by Gasteiger charge is 2.29. The van der Waals surface area contributed by atoms with E-state index in [-0.39, 0.29) is 17.3 Å². The second kappa shape index (κ2) is 6.47. The summed E-state index contributed by atoms with van der Waals surface area (Å²) in [6.45, 7) is 0. The molecular formula is C14H14ClFO3S. The summed E-state index contributed by atoms with van der Waals surface area (Å²) in [5.41, 5.74) is 0.618. The van der Waals surface area contributed by atoms with Crippen molar-refractivity contribution in [3.8, 4) is 17.6 Å². The number of ether oxygens (including phenoxy) is 1. The molecule has 1 aliphatic rings. The predicted molar refractivity (Wildman–Crippen MR) is 76.3 cm³/mol. The Hall–Kier alpha value is -1.25. The van der Waals surface area contributed by atoms with Gasteiger partial charge in [-0.25, -0.2) is 12.8 Å². The van der Waals surface area contributed by atoms with Gasteiger partial charge in [-0.15, -0.1) is 11.6 Å². The molecule has 108 valence electrons. The lowest BCUT2D eigenvalue weighted by Gasteiger charge is -2.12. The van der Waals surface area contributed by atoms with Crippen LogP contribution in [0, 0.1) is 17.7 Å². The van der Waals surface area contributed by atoms with Crippen molar-refractivity contribution in [1.82, 2.24) is 0 Å². The molecule has 0 saturated carbocycles. The van der Waals surface area contributed by atoms with Gasteiger partial charge in [0.05, 0.1) is 11.5 Å². The molecule has 0 bridgehead atoms. The van der Waals surface area contributed by atoms with Crippen molar-refractivity contribution < 1.29 is 17.5 Å². The van der Waals surface area contributed by atoms with Gasteiger partial charge in [-0.05, 0) is 24.6 Å². The Morgan fingerprint density at radius 2 is 2.25 bits per heavy atom. The maximum absolute atomic E-state index is 13.7. The Balaban J connectivity index is 2.12. The average Bonchev–Trinajstić information content (AvgIpc) is 2.73. The van der Waals surface area contributed by atoms with Gasteiger partial charge in [-0.2, -0.15) is 0 Å². The predicted octanol–water partition coefficient (Wildman–Crippen LogP) is 2.37. The first-order valence-electron chi connectivity index (χ1n) is 6.21. The third kappa shape index (κ3) is 4.12. The van der Waals surface area contributed by atoms with Gasteiger partial charge in [0.15, 0.2) is 21.4 Å². The van der Waals surface area contributed by atoms with E-state index in [4.69, 9.17) is 16.3 Å². The smallest absolute Gasteiger partial charge is 0.165 e. The normalized spacial score (nSPS) is 20.2. The van der Waals surface area contributed by atoms with Gasteiger partial charge >= 0.3 is 0 Å². The molecule has 0 spiro atoms. The molecule has 0 aromatic heterocycles. The van der Waals surface area contributed by atoms with Crippen LogP contribution in [0.5, 0.6) is 5.75 Å². The second-order valence-electron chi connectivity index (χ2n) is 4.53. The monoisotopic (exact) mass is 316 g/mol. The van der Waals surface area contributed by atoms with Crippen molar-refractivity contribution in [3.63, 3.8) is 0 Å². The molecule has 1 heterocycles. The minimum atomic E-state index is -3.05. The Kier molecular flexibility index (Phi) is 4.90. The zero-order chi connectivity index (χ0) is 14.6. The molecule has 0 aliphatic carbocycles. The van der Waals surface area contributed by atoms with Crippen molar-refractivity contribution in [2.45, 2.75) is 18.9 Å². The molecule has 0 radical (unpaired) electrons. The van der Waals surface area contributed by atoms with Gasteiger partial charge in [0, 0.05) is 17.9 Å². The summed E-state index contributed by atoms with van der Waals surface area (Å²) in [7, 11) is -3.05. The van der Waals surface area contributed by atoms with Crippen molar-refractivity contribution >= 4 is 21.4 Å². The molecule has 2 rings (SSSR count). The van der Waals surface area contributed by atoms with Crippen LogP contribution in [-0.4, -0.2) is 31.9 Å². The summed E-state index contributed by atoms with van der Waals surface area (Å²) in [6.07, 6.45) is 0.459. The molecule has 1 fully saturated rings. The van der Waals surface area contributed by atoms with Crippen molar-refractivity contribution in [3.05, 3.63) is 29.6 Å². The van der Waals surface area contributed by atoms with Gasteiger partial charge in [0.2, 0.25) is 0 Å². The zero-order valence-electron chi connectivity index (χ0n) is 10.7. The summed E-state index contributed by atoms with van der Waals surface area (Å²) < 4.78 is 41.8. The second-order valence-corrected chi connectivity index (χ2v) is 7.14. The number of alkyl halides is 1. The minimum absolute atomic E-state index is 0.0461. The SMILES string of the molecule is O=S1(=O)CCC(Oc2cc(C#CCCCl)ccc2F)C1. The van der Waals surface area contributed by atoms with Crippen LogP contribution in [0.4, 0.5) is 4.39 Å². The summed E-state index contributed by atoms with van der Waals surface area (Å²) in [5, 5.41) is 0. The van der Waals surface area contributed by atoms with Gasteiger partial charge in [-0.3, -0.25) is 0 Å². The molecule has 20 heavy (non-hydrogen) atoms. The number of halogens is 2. The number of benzene rings is 1. The zero-order valence-corrected chi connectivity index (χ0v) is 12.3. The lowest BCUT2D eigenvalue weighted by atomic mass is 10.2. The summed E-state index contributed by atoms with van der Waals surface area (Å²) in [5.74, 6) is 5.71. The lowest BCUT2D eigenvalue weighted by Crippen LogP contribution is -2.18. The van der Waals surface area contributed by atoms with E-state index in [0.717, 1.165) is 0 Å². The van der Waals surface area contributed by atoms with Crippen LogP contribution in [0.1, 0.15) is 18.4 Å². The molecule has 3 nitrogen and oxygen atoms in total. The van der Waals surface area contributed by atoms with Gasteiger partial charge in [-0.1, -0.05) is 11.8 Å².